The Bertz CT molecular complexity index is 382. The van der Waals surface area contributed by atoms with Crippen LogP contribution in [0.5, 0.6) is 0 Å². The summed E-state index contributed by atoms with van der Waals surface area (Å²) in [6, 6.07) is 6.82. The molecular weight excluding hydrogens is 232 g/mol. The zero-order chi connectivity index (χ0) is 13.4. The van der Waals surface area contributed by atoms with E-state index in [-0.39, 0.29) is 17.2 Å². The first-order valence-corrected chi connectivity index (χ1v) is 6.19. The minimum Gasteiger partial charge on any atom is -0.396 e. The van der Waals surface area contributed by atoms with Crippen molar-refractivity contribution in [2.75, 3.05) is 19.7 Å². The number of hydrogen-bond donors (Lipinski definition) is 2. The number of rotatable bonds is 8. The van der Waals surface area contributed by atoms with Crippen molar-refractivity contribution >= 4 is 5.69 Å². The van der Waals surface area contributed by atoms with Crippen LogP contribution in [0.4, 0.5) is 5.69 Å². The smallest absolute Gasteiger partial charge is 0.272 e. The predicted octanol–water partition coefficient (Wildman–Crippen LogP) is 1.75. The lowest BCUT2D eigenvalue weighted by molar-refractivity contribution is -0.385. The monoisotopic (exact) mass is 252 g/mol. The van der Waals surface area contributed by atoms with E-state index in [0.29, 0.717) is 18.9 Å². The maximum atomic E-state index is 10.8. The van der Waals surface area contributed by atoms with Gasteiger partial charge in [0.2, 0.25) is 0 Å². The van der Waals surface area contributed by atoms with Gasteiger partial charge in [0, 0.05) is 18.2 Å². The lowest BCUT2D eigenvalue weighted by atomic mass is 10.1. The summed E-state index contributed by atoms with van der Waals surface area (Å²) < 4.78 is 0. The van der Waals surface area contributed by atoms with Gasteiger partial charge in [-0.3, -0.25) is 10.1 Å². The van der Waals surface area contributed by atoms with Gasteiger partial charge >= 0.3 is 0 Å². The molecule has 1 unspecified atom stereocenters. The topological polar surface area (TPSA) is 75.4 Å². The Labute approximate surface area is 107 Å². The molecule has 5 heteroatoms. The molecule has 0 aliphatic rings. The predicted molar refractivity (Wildman–Crippen MR) is 70.5 cm³/mol. The third-order valence-electron chi connectivity index (χ3n) is 2.87. The molecule has 1 aromatic rings. The number of aliphatic hydroxyl groups excluding tert-OH is 1. The summed E-state index contributed by atoms with van der Waals surface area (Å²) in [5.74, 6) is 0.417. The second kappa shape index (κ2) is 7.79. The molecule has 1 rings (SSSR count). The van der Waals surface area contributed by atoms with Gasteiger partial charge in [-0.05, 0) is 31.8 Å². The number of nitrogens with zero attached hydrogens (tertiary/aromatic N) is 1. The Morgan fingerprint density at radius 1 is 1.44 bits per heavy atom. The lowest BCUT2D eigenvalue weighted by Crippen LogP contribution is -2.24. The Hall–Kier alpha value is -1.46. The number of hydrogen-bond acceptors (Lipinski definition) is 4. The van der Waals surface area contributed by atoms with Crippen LogP contribution < -0.4 is 5.32 Å². The fourth-order valence-electron chi connectivity index (χ4n) is 1.79. The lowest BCUT2D eigenvalue weighted by Gasteiger charge is -2.10. The molecule has 0 spiro atoms. The molecule has 1 aromatic carbocycles. The first-order chi connectivity index (χ1) is 8.65. The zero-order valence-corrected chi connectivity index (χ0v) is 10.6. The van der Waals surface area contributed by atoms with Crippen molar-refractivity contribution in [1.29, 1.82) is 0 Å². The van der Waals surface area contributed by atoms with E-state index in [1.807, 2.05) is 6.07 Å². The Balaban J connectivity index is 2.37. The summed E-state index contributed by atoms with van der Waals surface area (Å²) in [4.78, 5) is 10.5. The van der Waals surface area contributed by atoms with Crippen LogP contribution in [-0.4, -0.2) is 29.7 Å². The summed E-state index contributed by atoms with van der Waals surface area (Å²) in [5.41, 5.74) is 0.938. The molecule has 0 aromatic heterocycles. The normalized spacial score (nSPS) is 12.3. The molecule has 1 atom stereocenters. The maximum absolute atomic E-state index is 10.8. The summed E-state index contributed by atoms with van der Waals surface area (Å²) in [7, 11) is 0. The highest BCUT2D eigenvalue weighted by Crippen LogP contribution is 2.17. The second-order valence-electron chi connectivity index (χ2n) is 4.46. The highest BCUT2D eigenvalue weighted by atomic mass is 16.6. The van der Waals surface area contributed by atoms with Crippen LogP contribution in [0.15, 0.2) is 24.3 Å². The summed E-state index contributed by atoms with van der Waals surface area (Å²) in [5, 5.41) is 22.8. The first kappa shape index (κ1) is 14.6. The van der Waals surface area contributed by atoms with E-state index in [0.717, 1.165) is 18.5 Å². The number of nitro benzene ring substituents is 1. The minimum absolute atomic E-state index is 0.183. The van der Waals surface area contributed by atoms with Crippen LogP contribution in [0.25, 0.3) is 0 Å². The van der Waals surface area contributed by atoms with Gasteiger partial charge in [-0.25, -0.2) is 0 Å². The van der Waals surface area contributed by atoms with E-state index < -0.39 is 0 Å². The highest BCUT2D eigenvalue weighted by Gasteiger charge is 2.11. The molecule has 0 saturated heterocycles. The zero-order valence-electron chi connectivity index (χ0n) is 10.6. The highest BCUT2D eigenvalue weighted by molar-refractivity contribution is 5.39. The Morgan fingerprint density at radius 2 is 2.17 bits per heavy atom. The fourth-order valence-corrected chi connectivity index (χ4v) is 1.79. The molecule has 0 saturated carbocycles. The van der Waals surface area contributed by atoms with Crippen molar-refractivity contribution in [1.82, 2.24) is 5.32 Å². The number of aliphatic hydroxyl groups is 1. The molecular formula is C13H20N2O3. The number of para-hydroxylation sites is 1. The van der Waals surface area contributed by atoms with Gasteiger partial charge in [-0.2, -0.15) is 0 Å². The third kappa shape index (κ3) is 4.81. The van der Waals surface area contributed by atoms with Gasteiger partial charge in [-0.1, -0.05) is 25.1 Å². The molecule has 5 nitrogen and oxygen atoms in total. The quantitative estimate of drug-likeness (QED) is 0.420. The summed E-state index contributed by atoms with van der Waals surface area (Å²) in [6.07, 6.45) is 1.42. The van der Waals surface area contributed by atoms with E-state index in [1.165, 1.54) is 6.07 Å². The molecule has 18 heavy (non-hydrogen) atoms. The van der Waals surface area contributed by atoms with E-state index in [9.17, 15) is 10.1 Å². The van der Waals surface area contributed by atoms with E-state index >= 15 is 0 Å². The van der Waals surface area contributed by atoms with Crippen LogP contribution in [0.1, 0.15) is 18.9 Å². The third-order valence-corrected chi connectivity index (χ3v) is 2.87. The number of benzene rings is 1. The molecule has 0 radical (unpaired) electrons. The minimum atomic E-state index is -0.344. The van der Waals surface area contributed by atoms with Crippen LogP contribution in [-0.2, 0) is 6.42 Å². The van der Waals surface area contributed by atoms with Crippen LogP contribution >= 0.6 is 0 Å². The van der Waals surface area contributed by atoms with Gasteiger partial charge in [0.15, 0.2) is 0 Å². The van der Waals surface area contributed by atoms with E-state index in [2.05, 4.69) is 12.2 Å². The molecule has 100 valence electrons. The van der Waals surface area contributed by atoms with Crippen molar-refractivity contribution in [3.05, 3.63) is 39.9 Å². The van der Waals surface area contributed by atoms with Crippen LogP contribution in [0.2, 0.25) is 0 Å². The average molecular weight is 252 g/mol. The molecule has 0 amide bonds. The fraction of sp³-hybridized carbons (Fsp3) is 0.538. The molecule has 0 aliphatic heterocycles. The van der Waals surface area contributed by atoms with E-state index in [4.69, 9.17) is 5.11 Å². The molecule has 0 aliphatic carbocycles. The maximum Gasteiger partial charge on any atom is 0.272 e. The summed E-state index contributed by atoms with van der Waals surface area (Å²) >= 11 is 0. The average Bonchev–Trinajstić information content (AvgIpc) is 2.35. The Morgan fingerprint density at radius 3 is 2.83 bits per heavy atom. The van der Waals surface area contributed by atoms with Gasteiger partial charge in [-0.15, -0.1) is 0 Å². The van der Waals surface area contributed by atoms with Crippen molar-refractivity contribution < 1.29 is 10.0 Å². The SMILES string of the molecule is CC(CCO)CNCCc1ccccc1[N+](=O)[O-]. The van der Waals surface area contributed by atoms with Crippen molar-refractivity contribution in [2.24, 2.45) is 5.92 Å². The van der Waals surface area contributed by atoms with Gasteiger partial charge in [0.1, 0.15) is 0 Å². The number of nitro groups is 1. The van der Waals surface area contributed by atoms with Crippen molar-refractivity contribution in [3.63, 3.8) is 0 Å². The molecule has 0 bridgehead atoms. The van der Waals surface area contributed by atoms with Gasteiger partial charge < -0.3 is 10.4 Å². The molecule has 0 fully saturated rings. The Kier molecular flexibility index (Phi) is 6.32. The second-order valence-corrected chi connectivity index (χ2v) is 4.46. The standard InChI is InChI=1S/C13H20N2O3/c1-11(7-9-16)10-14-8-6-12-4-2-3-5-13(12)15(17)18/h2-5,11,14,16H,6-10H2,1H3. The molecule has 2 N–H and O–H groups in total. The van der Waals surface area contributed by atoms with E-state index in [1.54, 1.807) is 12.1 Å². The number of nitrogens with one attached hydrogen (secondary N) is 1. The van der Waals surface area contributed by atoms with Crippen LogP contribution in [0, 0.1) is 16.0 Å². The van der Waals surface area contributed by atoms with Crippen LogP contribution in [0.3, 0.4) is 0 Å². The van der Waals surface area contributed by atoms with Gasteiger partial charge in [0.05, 0.1) is 4.92 Å². The van der Waals surface area contributed by atoms with Gasteiger partial charge in [0.25, 0.3) is 5.69 Å². The van der Waals surface area contributed by atoms with Crippen molar-refractivity contribution in [2.45, 2.75) is 19.8 Å². The van der Waals surface area contributed by atoms with Crippen molar-refractivity contribution in [3.8, 4) is 0 Å². The molecule has 0 heterocycles. The largest absolute Gasteiger partial charge is 0.396 e. The first-order valence-electron chi connectivity index (χ1n) is 6.19. The summed E-state index contributed by atoms with van der Waals surface area (Å²) in [6.45, 7) is 3.79.